The third kappa shape index (κ3) is 4.75. The zero-order valence-corrected chi connectivity index (χ0v) is 14.9. The maximum Gasteiger partial charge on any atom is 0.124 e. The molecule has 1 N–H and O–H groups in total. The summed E-state index contributed by atoms with van der Waals surface area (Å²) in [4.78, 5) is 0. The van der Waals surface area contributed by atoms with Crippen LogP contribution >= 0.6 is 0 Å². The van der Waals surface area contributed by atoms with E-state index >= 15 is 0 Å². The molecule has 1 atom stereocenters. The van der Waals surface area contributed by atoms with Crippen molar-refractivity contribution in [3.8, 4) is 5.75 Å². The van der Waals surface area contributed by atoms with Gasteiger partial charge in [-0.15, -0.1) is 0 Å². The van der Waals surface area contributed by atoms with Crippen LogP contribution in [0.25, 0.3) is 0 Å². The molecular formula is C21H29NO. The van der Waals surface area contributed by atoms with Crippen molar-refractivity contribution in [2.75, 3.05) is 12.4 Å². The van der Waals surface area contributed by atoms with Crippen molar-refractivity contribution >= 4 is 5.69 Å². The van der Waals surface area contributed by atoms with E-state index in [9.17, 15) is 0 Å². The van der Waals surface area contributed by atoms with Gasteiger partial charge in [-0.1, -0.05) is 56.5 Å². The predicted molar refractivity (Wildman–Crippen MR) is 99.4 cm³/mol. The zero-order chi connectivity index (χ0) is 16.7. The van der Waals surface area contributed by atoms with Crippen molar-refractivity contribution in [1.29, 1.82) is 0 Å². The third-order valence-corrected chi connectivity index (χ3v) is 4.30. The number of hydrogen-bond acceptors (Lipinski definition) is 2. The number of aryl methyl sites for hydroxylation is 2. The van der Waals surface area contributed by atoms with E-state index in [4.69, 9.17) is 4.74 Å². The van der Waals surface area contributed by atoms with Gasteiger partial charge in [-0.25, -0.2) is 0 Å². The van der Waals surface area contributed by atoms with Crippen LogP contribution in [0.5, 0.6) is 5.75 Å². The summed E-state index contributed by atoms with van der Waals surface area (Å²) in [5.41, 5.74) is 4.88. The van der Waals surface area contributed by atoms with Crippen LogP contribution in [0.3, 0.4) is 0 Å². The van der Waals surface area contributed by atoms with Gasteiger partial charge in [0.1, 0.15) is 5.75 Å². The van der Waals surface area contributed by atoms with Gasteiger partial charge in [0.2, 0.25) is 0 Å². The maximum absolute atomic E-state index is 5.47. The highest BCUT2D eigenvalue weighted by Crippen LogP contribution is 2.30. The minimum Gasteiger partial charge on any atom is -0.496 e. The quantitative estimate of drug-likeness (QED) is 0.599. The van der Waals surface area contributed by atoms with E-state index in [-0.39, 0.29) is 0 Å². The molecule has 2 aromatic rings. The lowest BCUT2D eigenvalue weighted by Crippen LogP contribution is -2.11. The van der Waals surface area contributed by atoms with Gasteiger partial charge in [-0.3, -0.25) is 0 Å². The maximum atomic E-state index is 5.47. The molecule has 0 aromatic heterocycles. The molecule has 0 aliphatic carbocycles. The Morgan fingerprint density at radius 2 is 1.65 bits per heavy atom. The van der Waals surface area contributed by atoms with Crippen molar-refractivity contribution in [1.82, 2.24) is 0 Å². The van der Waals surface area contributed by atoms with Gasteiger partial charge < -0.3 is 10.1 Å². The van der Waals surface area contributed by atoms with Crippen LogP contribution in [0.4, 0.5) is 5.69 Å². The Hall–Kier alpha value is -1.96. The lowest BCUT2D eigenvalue weighted by atomic mass is 9.99. The third-order valence-electron chi connectivity index (χ3n) is 4.30. The number of benzene rings is 2. The Morgan fingerprint density at radius 3 is 2.22 bits per heavy atom. The molecule has 0 fully saturated rings. The zero-order valence-electron chi connectivity index (χ0n) is 14.9. The highest BCUT2D eigenvalue weighted by molar-refractivity contribution is 5.56. The fourth-order valence-electron chi connectivity index (χ4n) is 3.16. The fourth-order valence-corrected chi connectivity index (χ4v) is 3.16. The minimum absolute atomic E-state index is 0.356. The first-order valence-corrected chi connectivity index (χ1v) is 8.62. The summed E-state index contributed by atoms with van der Waals surface area (Å²) in [6.07, 6.45) is 4.94. The number of anilines is 1. The van der Waals surface area contributed by atoms with Crippen LogP contribution in [-0.2, 0) is 0 Å². The first kappa shape index (κ1) is 17.4. The summed E-state index contributed by atoms with van der Waals surface area (Å²) >= 11 is 0. The highest BCUT2D eigenvalue weighted by Gasteiger charge is 2.12. The van der Waals surface area contributed by atoms with Crippen molar-refractivity contribution in [3.05, 3.63) is 59.2 Å². The Bertz CT molecular complexity index is 583. The summed E-state index contributed by atoms with van der Waals surface area (Å²) in [6, 6.07) is 15.5. The van der Waals surface area contributed by atoms with Gasteiger partial charge in [0.05, 0.1) is 13.2 Å². The van der Waals surface area contributed by atoms with Crippen molar-refractivity contribution < 1.29 is 4.74 Å². The number of rotatable bonds is 8. The molecule has 0 spiro atoms. The van der Waals surface area contributed by atoms with Crippen molar-refractivity contribution in [2.24, 2.45) is 0 Å². The molecule has 124 valence electrons. The van der Waals surface area contributed by atoms with Gasteiger partial charge in [0.15, 0.2) is 0 Å². The summed E-state index contributed by atoms with van der Waals surface area (Å²) in [5.74, 6) is 0.984. The van der Waals surface area contributed by atoms with Crippen LogP contribution in [0.15, 0.2) is 42.5 Å². The summed E-state index contributed by atoms with van der Waals surface area (Å²) < 4.78 is 5.47. The average Bonchev–Trinajstić information content (AvgIpc) is 2.55. The molecule has 0 aliphatic rings. The number of hydrogen-bond donors (Lipinski definition) is 1. The van der Waals surface area contributed by atoms with Crippen LogP contribution in [0.2, 0.25) is 0 Å². The standard InChI is InChI=1S/C21H29NO/c1-5-6-8-13-20(18-11-9-7-10-12-18)22-19-14-16(2)21(23-4)17(3)15-19/h7,9-12,14-15,20,22H,5-6,8,13H2,1-4H3/t20-/m1/s1. The smallest absolute Gasteiger partial charge is 0.124 e. The monoisotopic (exact) mass is 311 g/mol. The summed E-state index contributed by atoms with van der Waals surface area (Å²) in [5, 5.41) is 3.73. The summed E-state index contributed by atoms with van der Waals surface area (Å²) in [6.45, 7) is 6.46. The van der Waals surface area contributed by atoms with Gasteiger partial charge in [0, 0.05) is 5.69 Å². The Labute approximate surface area is 140 Å². The predicted octanol–water partition coefficient (Wildman–Crippen LogP) is 6.05. The van der Waals surface area contributed by atoms with Crippen LogP contribution < -0.4 is 10.1 Å². The van der Waals surface area contributed by atoms with E-state index in [0.29, 0.717) is 6.04 Å². The number of unbranched alkanes of at least 4 members (excludes halogenated alkanes) is 2. The van der Waals surface area contributed by atoms with E-state index in [1.54, 1.807) is 7.11 Å². The van der Waals surface area contributed by atoms with E-state index in [0.717, 1.165) is 12.2 Å². The average molecular weight is 311 g/mol. The van der Waals surface area contributed by atoms with Gasteiger partial charge in [-0.2, -0.15) is 0 Å². The van der Waals surface area contributed by atoms with Crippen molar-refractivity contribution in [3.63, 3.8) is 0 Å². The topological polar surface area (TPSA) is 21.3 Å². The SMILES string of the molecule is CCCCC[C@@H](Nc1cc(C)c(OC)c(C)c1)c1ccccc1. The first-order chi connectivity index (χ1) is 11.2. The molecule has 0 unspecified atom stereocenters. The molecule has 0 radical (unpaired) electrons. The van der Waals surface area contributed by atoms with E-state index in [2.05, 4.69) is 68.6 Å². The molecule has 0 heterocycles. The van der Waals surface area contributed by atoms with E-state index in [1.165, 1.54) is 41.6 Å². The highest BCUT2D eigenvalue weighted by atomic mass is 16.5. The van der Waals surface area contributed by atoms with Gasteiger partial charge in [0.25, 0.3) is 0 Å². The Morgan fingerprint density at radius 1 is 1.00 bits per heavy atom. The lowest BCUT2D eigenvalue weighted by Gasteiger charge is -2.22. The second-order valence-corrected chi connectivity index (χ2v) is 6.25. The number of nitrogens with one attached hydrogen (secondary N) is 1. The van der Waals surface area contributed by atoms with E-state index < -0.39 is 0 Å². The molecule has 2 rings (SSSR count). The van der Waals surface area contributed by atoms with Crippen LogP contribution in [0, 0.1) is 13.8 Å². The van der Waals surface area contributed by atoms with Crippen LogP contribution in [-0.4, -0.2) is 7.11 Å². The molecule has 2 aromatic carbocycles. The molecule has 2 heteroatoms. The van der Waals surface area contributed by atoms with Gasteiger partial charge in [-0.05, 0) is 49.1 Å². The van der Waals surface area contributed by atoms with Crippen molar-refractivity contribution in [2.45, 2.75) is 52.5 Å². The molecule has 0 aliphatic heterocycles. The normalized spacial score (nSPS) is 12.0. The van der Waals surface area contributed by atoms with E-state index in [1.807, 2.05) is 0 Å². The summed E-state index contributed by atoms with van der Waals surface area (Å²) in [7, 11) is 1.74. The minimum atomic E-state index is 0.356. The fraction of sp³-hybridized carbons (Fsp3) is 0.429. The number of methoxy groups -OCH3 is 1. The second kappa shape index (κ2) is 8.61. The van der Waals surface area contributed by atoms with Crippen LogP contribution in [0.1, 0.15) is 55.3 Å². The molecular weight excluding hydrogens is 282 g/mol. The first-order valence-electron chi connectivity index (χ1n) is 8.62. The molecule has 23 heavy (non-hydrogen) atoms. The largest absolute Gasteiger partial charge is 0.496 e. The van der Waals surface area contributed by atoms with Gasteiger partial charge >= 0.3 is 0 Å². The molecule has 2 nitrogen and oxygen atoms in total. The Kier molecular flexibility index (Phi) is 6.52. The number of ether oxygens (including phenoxy) is 1. The molecule has 0 saturated heterocycles. The molecule has 0 bridgehead atoms. The molecule has 0 saturated carbocycles. The second-order valence-electron chi connectivity index (χ2n) is 6.25. The molecule has 0 amide bonds. The Balaban J connectivity index is 2.20. The lowest BCUT2D eigenvalue weighted by molar-refractivity contribution is 0.408.